The van der Waals surface area contributed by atoms with Crippen molar-refractivity contribution in [2.45, 2.75) is 23.9 Å². The number of fused-ring (bicyclic) bond motifs is 1. The van der Waals surface area contributed by atoms with Gasteiger partial charge in [0.2, 0.25) is 5.95 Å². The molecule has 0 spiro atoms. The van der Waals surface area contributed by atoms with E-state index in [4.69, 9.17) is 23.2 Å². The fraction of sp³-hybridized carbons (Fsp3) is 0.241. The van der Waals surface area contributed by atoms with Crippen molar-refractivity contribution in [1.29, 1.82) is 0 Å². The lowest BCUT2D eigenvalue weighted by Crippen LogP contribution is -2.49. The van der Waals surface area contributed by atoms with Crippen molar-refractivity contribution in [3.8, 4) is 0 Å². The van der Waals surface area contributed by atoms with Gasteiger partial charge >= 0.3 is 0 Å². The largest absolute Gasteiger partial charge is 0.369 e. The highest BCUT2D eigenvalue weighted by atomic mass is 79.9. The molecule has 1 fully saturated rings. The van der Waals surface area contributed by atoms with Crippen molar-refractivity contribution in [3.05, 3.63) is 99.1 Å². The van der Waals surface area contributed by atoms with Crippen molar-refractivity contribution in [2.75, 3.05) is 36.0 Å². The maximum absolute atomic E-state index is 14.2. The van der Waals surface area contributed by atoms with Crippen molar-refractivity contribution >= 4 is 72.4 Å². The fourth-order valence-electron chi connectivity index (χ4n) is 5.57. The molecule has 212 valence electrons. The minimum Gasteiger partial charge on any atom is -0.369 e. The number of nitrogens with zero attached hydrogens (tertiary/aromatic N) is 5. The molecule has 3 aromatic carbocycles. The zero-order chi connectivity index (χ0) is 28.9. The van der Waals surface area contributed by atoms with Gasteiger partial charge in [0.1, 0.15) is 5.54 Å². The average Bonchev–Trinajstić information content (AvgIpc) is 3.48. The average molecular weight is 675 g/mol. The Morgan fingerprint density at radius 1 is 0.902 bits per heavy atom. The highest BCUT2D eigenvalue weighted by molar-refractivity contribution is 9.10. The van der Waals surface area contributed by atoms with Crippen molar-refractivity contribution < 1.29 is 13.2 Å². The lowest BCUT2D eigenvalue weighted by Gasteiger charge is -2.36. The number of benzene rings is 3. The summed E-state index contributed by atoms with van der Waals surface area (Å²) in [5.74, 6) is -0.123. The van der Waals surface area contributed by atoms with Crippen LogP contribution in [0.4, 0.5) is 17.3 Å². The second-order valence-electron chi connectivity index (χ2n) is 10.3. The van der Waals surface area contributed by atoms with Gasteiger partial charge in [-0.05, 0) is 55.0 Å². The molecule has 0 saturated carbocycles. The van der Waals surface area contributed by atoms with Gasteiger partial charge in [-0.3, -0.25) is 9.36 Å². The zero-order valence-electron chi connectivity index (χ0n) is 22.0. The van der Waals surface area contributed by atoms with E-state index in [1.165, 1.54) is 15.4 Å². The standard InChI is InChI=1S/C29H26BrCl2N5O3S/c1-29(18-20-7-9-21(30)10-8-20)27(38)36(25-16-22(31)15-23(32)17-25)28-33-19-26(37(28)29)41(39,40)35-13-11-34(12-14-35)24-5-3-2-4-6-24/h2-10,15-17,19H,11-14,18H2,1H3. The first-order valence-electron chi connectivity index (χ1n) is 13.0. The maximum atomic E-state index is 14.2. The van der Waals surface area contributed by atoms with Gasteiger partial charge in [-0.1, -0.05) is 69.5 Å². The number of halogens is 3. The third-order valence-electron chi connectivity index (χ3n) is 7.60. The number of hydrogen-bond donors (Lipinski definition) is 0. The number of imidazole rings is 1. The normalized spacial score (nSPS) is 19.6. The fourth-order valence-corrected chi connectivity index (χ4v) is 7.96. The number of piperazine rings is 1. The Hall–Kier alpha value is -2.89. The molecule has 0 radical (unpaired) electrons. The summed E-state index contributed by atoms with van der Waals surface area (Å²) in [4.78, 5) is 22.3. The van der Waals surface area contributed by atoms with Gasteiger partial charge in [-0.25, -0.2) is 18.3 Å². The molecule has 0 aliphatic carbocycles. The lowest BCUT2D eigenvalue weighted by atomic mass is 9.92. The molecule has 2 aliphatic heterocycles. The Morgan fingerprint density at radius 3 is 2.17 bits per heavy atom. The number of anilines is 3. The smallest absolute Gasteiger partial charge is 0.260 e. The molecule has 6 rings (SSSR count). The summed E-state index contributed by atoms with van der Waals surface area (Å²) in [6.45, 7) is 3.46. The van der Waals surface area contributed by atoms with Gasteiger partial charge in [0, 0.05) is 52.8 Å². The summed E-state index contributed by atoms with van der Waals surface area (Å²) < 4.78 is 32.3. The van der Waals surface area contributed by atoms with Gasteiger partial charge in [0.25, 0.3) is 15.9 Å². The summed E-state index contributed by atoms with van der Waals surface area (Å²) in [5.41, 5.74) is 1.05. The number of aromatic nitrogens is 2. The van der Waals surface area contributed by atoms with E-state index < -0.39 is 15.6 Å². The Bertz CT molecular complexity index is 1700. The minimum absolute atomic E-state index is 0.0238. The van der Waals surface area contributed by atoms with Gasteiger partial charge in [0.05, 0.1) is 11.9 Å². The molecule has 12 heteroatoms. The summed E-state index contributed by atoms with van der Waals surface area (Å²) in [6.07, 6.45) is 1.59. The molecule has 3 heterocycles. The molecule has 1 atom stereocenters. The number of amides is 1. The van der Waals surface area contributed by atoms with Crippen LogP contribution in [-0.2, 0) is 26.8 Å². The second kappa shape index (κ2) is 10.7. The number of para-hydroxylation sites is 1. The van der Waals surface area contributed by atoms with Crippen LogP contribution < -0.4 is 9.80 Å². The summed E-state index contributed by atoms with van der Waals surface area (Å²) in [7, 11) is -4.00. The Morgan fingerprint density at radius 2 is 1.54 bits per heavy atom. The third kappa shape index (κ3) is 5.06. The molecular formula is C29H26BrCl2N5O3S. The molecule has 1 unspecified atom stereocenters. The second-order valence-corrected chi connectivity index (χ2v) is 14.0. The van der Waals surface area contributed by atoms with Crippen molar-refractivity contribution in [1.82, 2.24) is 13.9 Å². The van der Waals surface area contributed by atoms with Gasteiger partial charge in [-0.15, -0.1) is 0 Å². The van der Waals surface area contributed by atoms with Crippen LogP contribution in [0.25, 0.3) is 0 Å². The van der Waals surface area contributed by atoms with Crippen LogP contribution in [0.3, 0.4) is 0 Å². The highest BCUT2D eigenvalue weighted by Crippen LogP contribution is 2.45. The van der Waals surface area contributed by atoms with Crippen LogP contribution in [0.15, 0.2) is 88.5 Å². The lowest BCUT2D eigenvalue weighted by molar-refractivity contribution is -0.124. The summed E-state index contributed by atoms with van der Waals surface area (Å²) in [5, 5.41) is 0.678. The van der Waals surface area contributed by atoms with Crippen LogP contribution in [0, 0.1) is 0 Å². The van der Waals surface area contributed by atoms with Crippen LogP contribution in [0.2, 0.25) is 10.0 Å². The van der Waals surface area contributed by atoms with E-state index in [-0.39, 0.29) is 23.3 Å². The first-order valence-corrected chi connectivity index (χ1v) is 16.0. The molecule has 41 heavy (non-hydrogen) atoms. The van der Waals surface area contributed by atoms with E-state index in [0.29, 0.717) is 41.9 Å². The monoisotopic (exact) mass is 673 g/mol. The zero-order valence-corrected chi connectivity index (χ0v) is 26.0. The van der Waals surface area contributed by atoms with Gasteiger partial charge in [0.15, 0.2) is 5.03 Å². The molecule has 1 amide bonds. The predicted molar refractivity (Wildman–Crippen MR) is 165 cm³/mol. The number of carbonyl (C=O) groups excluding carboxylic acids is 1. The summed E-state index contributed by atoms with van der Waals surface area (Å²) in [6, 6.07) is 22.4. The Kier molecular flexibility index (Phi) is 7.40. The van der Waals surface area contributed by atoms with Crippen LogP contribution in [0.1, 0.15) is 12.5 Å². The topological polar surface area (TPSA) is 78.8 Å². The predicted octanol–water partition coefficient (Wildman–Crippen LogP) is 6.10. The molecule has 0 N–H and O–H groups in total. The van der Waals surface area contributed by atoms with Gasteiger partial charge < -0.3 is 4.90 Å². The molecule has 1 saturated heterocycles. The number of rotatable bonds is 6. The van der Waals surface area contributed by atoms with Crippen molar-refractivity contribution in [2.24, 2.45) is 0 Å². The quantitative estimate of drug-likeness (QED) is 0.247. The van der Waals surface area contributed by atoms with E-state index in [1.54, 1.807) is 29.7 Å². The van der Waals surface area contributed by atoms with Gasteiger partial charge in [-0.2, -0.15) is 4.31 Å². The minimum atomic E-state index is -4.00. The van der Waals surface area contributed by atoms with E-state index in [9.17, 15) is 13.2 Å². The van der Waals surface area contributed by atoms with E-state index in [0.717, 1.165) is 15.7 Å². The molecular weight excluding hydrogens is 649 g/mol. The van der Waals surface area contributed by atoms with Crippen molar-refractivity contribution in [3.63, 3.8) is 0 Å². The highest BCUT2D eigenvalue weighted by Gasteiger charge is 2.52. The van der Waals surface area contributed by atoms with Crippen LogP contribution in [0.5, 0.6) is 0 Å². The first-order chi connectivity index (χ1) is 19.6. The maximum Gasteiger partial charge on any atom is 0.260 e. The molecule has 4 aromatic rings. The molecule has 2 aliphatic rings. The molecule has 8 nitrogen and oxygen atoms in total. The van der Waals surface area contributed by atoms with Crippen LogP contribution in [-0.4, -0.2) is 54.4 Å². The number of carbonyl (C=O) groups is 1. The number of hydrogen-bond acceptors (Lipinski definition) is 5. The number of sulfonamides is 1. The van der Waals surface area contributed by atoms with E-state index >= 15 is 0 Å². The third-order valence-corrected chi connectivity index (χ3v) is 10.4. The SMILES string of the molecule is CC1(Cc2ccc(Br)cc2)C(=O)N(c2cc(Cl)cc(Cl)c2)c2ncc(S(=O)(=O)N3CCN(c4ccccc4)CC3)n21. The Labute approximate surface area is 257 Å². The first kappa shape index (κ1) is 28.2. The van der Waals surface area contributed by atoms with Crippen LogP contribution >= 0.6 is 39.1 Å². The van der Waals surface area contributed by atoms with E-state index in [1.807, 2.05) is 54.6 Å². The Balaban J connectivity index is 1.40. The summed E-state index contributed by atoms with van der Waals surface area (Å²) >= 11 is 16.0. The molecule has 0 bridgehead atoms. The molecule has 1 aromatic heterocycles. The van der Waals surface area contributed by atoms with E-state index in [2.05, 4.69) is 25.8 Å².